The summed E-state index contributed by atoms with van der Waals surface area (Å²) >= 11 is 0. The average Bonchev–Trinajstić information content (AvgIpc) is 1.83. The highest BCUT2D eigenvalue weighted by atomic mass is 14.2. The molecule has 420 valence electrons. The fourth-order valence-corrected chi connectivity index (χ4v) is 13.4. The van der Waals surface area contributed by atoms with Crippen molar-refractivity contribution in [2.45, 2.75) is 104 Å². The second-order valence-electron chi connectivity index (χ2n) is 24.4. The lowest BCUT2D eigenvalue weighted by Crippen LogP contribution is -1.88. The van der Waals surface area contributed by atoms with Gasteiger partial charge >= 0.3 is 0 Å². The van der Waals surface area contributed by atoms with Crippen LogP contribution in [0.15, 0.2) is 212 Å². The van der Waals surface area contributed by atoms with E-state index in [0.29, 0.717) is 0 Å². The summed E-state index contributed by atoms with van der Waals surface area (Å²) in [5.41, 5.74) is 20.5. The molecule has 85 heavy (non-hydrogen) atoms. The van der Waals surface area contributed by atoms with E-state index < -0.39 is 0 Å². The lowest BCUT2D eigenvalue weighted by Gasteiger charge is -2.12. The lowest BCUT2D eigenvalue weighted by atomic mass is 9.92. The van der Waals surface area contributed by atoms with Crippen LogP contribution in [0.25, 0.3) is 108 Å². The van der Waals surface area contributed by atoms with E-state index in [0.717, 1.165) is 0 Å². The van der Waals surface area contributed by atoms with E-state index in [2.05, 4.69) is 316 Å². The van der Waals surface area contributed by atoms with Crippen molar-refractivity contribution in [1.29, 1.82) is 0 Å². The largest absolute Gasteiger partial charge is 0.0616 e. The number of hydrogen-bond donors (Lipinski definition) is 0. The van der Waals surface area contributed by atoms with Crippen LogP contribution in [-0.2, 0) is 0 Å². The van der Waals surface area contributed by atoms with Gasteiger partial charge in [0.1, 0.15) is 0 Å². The number of benzene rings is 15. The molecule has 0 nitrogen and oxygen atoms in total. The van der Waals surface area contributed by atoms with Gasteiger partial charge < -0.3 is 0 Å². The lowest BCUT2D eigenvalue weighted by molar-refractivity contribution is 1.36. The summed E-state index contributed by atoms with van der Waals surface area (Å²) in [6.45, 7) is 32.9. The fourth-order valence-electron chi connectivity index (χ4n) is 13.4. The van der Waals surface area contributed by atoms with Crippen molar-refractivity contribution in [2.75, 3.05) is 0 Å². The molecule has 0 amide bonds. The molecule has 0 radical (unpaired) electrons. The summed E-state index contributed by atoms with van der Waals surface area (Å²) in [6.07, 6.45) is 0. The molecule has 0 bridgehead atoms. The Kier molecular flexibility index (Phi) is 16.2. The molecule has 0 saturated carbocycles. The average molecular weight is 1100 g/mol. The van der Waals surface area contributed by atoms with E-state index >= 15 is 0 Å². The van der Waals surface area contributed by atoms with Crippen LogP contribution in [-0.4, -0.2) is 0 Å². The molecule has 0 aliphatic rings. The quantitative estimate of drug-likeness (QED) is 0.133. The van der Waals surface area contributed by atoms with Gasteiger partial charge in [-0.2, -0.15) is 0 Å². The molecule has 0 saturated heterocycles. The summed E-state index contributed by atoms with van der Waals surface area (Å²) in [5, 5.41) is 27.4. The molecule has 15 rings (SSSR count). The zero-order valence-corrected chi connectivity index (χ0v) is 52.7. The third-order valence-corrected chi connectivity index (χ3v) is 18.4. The molecular weight excluding hydrogens is 1020 g/mol. The highest BCUT2D eigenvalue weighted by molar-refractivity contribution is 6.08. The van der Waals surface area contributed by atoms with Gasteiger partial charge in [0.2, 0.25) is 0 Å². The maximum absolute atomic E-state index is 2.34. The van der Waals surface area contributed by atoms with Gasteiger partial charge in [-0.3, -0.25) is 0 Å². The van der Waals surface area contributed by atoms with Gasteiger partial charge in [-0.15, -0.1) is 0 Å². The van der Waals surface area contributed by atoms with Crippen LogP contribution in [0.1, 0.15) is 83.5 Å². The molecule has 0 aliphatic carbocycles. The van der Waals surface area contributed by atoms with Crippen molar-refractivity contribution >= 4 is 108 Å². The van der Waals surface area contributed by atoms with Gasteiger partial charge in [0.15, 0.2) is 0 Å². The molecule has 15 aromatic rings. The number of hydrogen-bond acceptors (Lipinski definition) is 0. The van der Waals surface area contributed by atoms with Crippen LogP contribution in [0.2, 0.25) is 0 Å². The van der Waals surface area contributed by atoms with Gasteiger partial charge in [-0.1, -0.05) is 193 Å². The summed E-state index contributed by atoms with van der Waals surface area (Å²) in [6, 6.07) is 77.5. The van der Waals surface area contributed by atoms with Crippen LogP contribution in [0, 0.1) is 104 Å². The van der Waals surface area contributed by atoms with Gasteiger partial charge in [0.05, 0.1) is 0 Å². The maximum Gasteiger partial charge on any atom is -0.0116 e. The minimum atomic E-state index is 1.32. The minimum Gasteiger partial charge on any atom is -0.0616 e. The standard InChI is InChI=1S/5C17H16/c1-11-6-5-9-15-13(3)17-12(2)7-4-8-14(17)10-16(11)15;1-11-5-7-16-13(3)17-9-12(2)4-6-14(17)10-15(16)8-11;1-11-6-4-8-14-13(3)15-9-5-7-12(2)17(15)10-16(11)14;1-11-8-15-10-14-6-4-5-7-16(14)13(3)17(15)9-12(11)2;1-11-8-9-12(2)17-13(3)15-7-5-4-6-14(15)10-16(11)17/h5*4-10H,1-3H3. The van der Waals surface area contributed by atoms with Crippen LogP contribution >= 0.6 is 0 Å². The van der Waals surface area contributed by atoms with Crippen molar-refractivity contribution < 1.29 is 0 Å². The first-order valence-electron chi connectivity index (χ1n) is 30.3. The SMILES string of the molecule is Cc1cc2cc3ccccc3c(C)c2cc1C.Cc1ccc(C)c2c(C)c3ccccc3cc12.Cc1ccc2c(C)c3cc(C)ccc3cc2c1.Cc1cccc2c(C)c3c(C)cccc3cc12.Cc1cccc2c(C)c3cccc(C)c3cc12. The van der Waals surface area contributed by atoms with Crippen molar-refractivity contribution in [3.63, 3.8) is 0 Å². The third kappa shape index (κ3) is 11.3. The Morgan fingerprint density at radius 3 is 1.16 bits per heavy atom. The van der Waals surface area contributed by atoms with Gasteiger partial charge in [-0.25, -0.2) is 0 Å². The minimum absolute atomic E-state index is 1.32. The van der Waals surface area contributed by atoms with E-state index in [1.54, 1.807) is 0 Å². The number of fused-ring (bicyclic) bond motifs is 10. The molecule has 0 heteroatoms. The van der Waals surface area contributed by atoms with Crippen LogP contribution in [0.5, 0.6) is 0 Å². The zero-order valence-electron chi connectivity index (χ0n) is 52.7. The van der Waals surface area contributed by atoms with E-state index in [4.69, 9.17) is 0 Å². The first-order valence-corrected chi connectivity index (χ1v) is 30.3. The van der Waals surface area contributed by atoms with Crippen molar-refractivity contribution in [2.24, 2.45) is 0 Å². The van der Waals surface area contributed by atoms with Crippen LogP contribution in [0.4, 0.5) is 0 Å². The highest BCUT2D eigenvalue weighted by Crippen LogP contribution is 2.36. The molecule has 0 unspecified atom stereocenters. The molecule has 0 heterocycles. The smallest absolute Gasteiger partial charge is 0.0116 e. The Hall–Kier alpha value is -9.10. The van der Waals surface area contributed by atoms with Crippen molar-refractivity contribution in [3.05, 3.63) is 296 Å². The van der Waals surface area contributed by atoms with Crippen LogP contribution in [0.3, 0.4) is 0 Å². The maximum atomic E-state index is 2.34. The molecule has 0 spiro atoms. The Balaban J connectivity index is 0.000000111. The Morgan fingerprint density at radius 1 is 0.153 bits per heavy atom. The third-order valence-electron chi connectivity index (χ3n) is 18.4. The second-order valence-corrected chi connectivity index (χ2v) is 24.4. The molecule has 0 aromatic heterocycles. The molecule has 0 N–H and O–H groups in total. The van der Waals surface area contributed by atoms with Gasteiger partial charge in [-0.05, 0) is 314 Å². The summed E-state index contributed by atoms with van der Waals surface area (Å²) in [7, 11) is 0. The summed E-state index contributed by atoms with van der Waals surface area (Å²) in [5.74, 6) is 0. The Labute approximate surface area is 504 Å². The topological polar surface area (TPSA) is 0 Å². The zero-order chi connectivity index (χ0) is 60.0. The molecule has 15 aromatic carbocycles. The first-order chi connectivity index (χ1) is 40.9. The number of rotatable bonds is 0. The van der Waals surface area contributed by atoms with E-state index in [-0.39, 0.29) is 0 Å². The van der Waals surface area contributed by atoms with E-state index in [1.165, 1.54) is 191 Å². The highest BCUT2D eigenvalue weighted by Gasteiger charge is 2.12. The van der Waals surface area contributed by atoms with Gasteiger partial charge in [0.25, 0.3) is 0 Å². The summed E-state index contributed by atoms with van der Waals surface area (Å²) < 4.78 is 0. The number of aryl methyl sites for hydroxylation is 15. The first kappa shape index (κ1) is 57.7. The van der Waals surface area contributed by atoms with E-state index in [1.807, 2.05) is 0 Å². The molecule has 0 atom stereocenters. The predicted molar refractivity (Wildman–Crippen MR) is 378 cm³/mol. The van der Waals surface area contributed by atoms with Crippen LogP contribution < -0.4 is 0 Å². The molecular formula is C85H80. The fraction of sp³-hybridized carbons (Fsp3) is 0.176. The second kappa shape index (κ2) is 23.9. The molecule has 0 aliphatic heterocycles. The van der Waals surface area contributed by atoms with Crippen molar-refractivity contribution in [3.8, 4) is 0 Å². The van der Waals surface area contributed by atoms with Gasteiger partial charge in [0, 0.05) is 0 Å². The predicted octanol–water partition coefficient (Wildman–Crippen LogP) is 24.6. The van der Waals surface area contributed by atoms with E-state index in [9.17, 15) is 0 Å². The molecule has 0 fully saturated rings. The Morgan fingerprint density at radius 2 is 0.529 bits per heavy atom. The normalized spacial score (nSPS) is 11.2. The monoisotopic (exact) mass is 1100 g/mol. The summed E-state index contributed by atoms with van der Waals surface area (Å²) in [4.78, 5) is 0. The van der Waals surface area contributed by atoms with Crippen molar-refractivity contribution in [1.82, 2.24) is 0 Å². The Bertz CT molecular complexity index is 5040.